The monoisotopic (exact) mass is 294 g/mol. The van der Waals surface area contributed by atoms with Crippen molar-refractivity contribution in [2.75, 3.05) is 11.9 Å². The average Bonchev–Trinajstić information content (AvgIpc) is 2.96. The standard InChI is InChI=1S/C19H22N2O/c1-2-19(22)20-18-9-8-16-13-21(14-17(16)12-18)11-10-15-6-4-3-5-7-15/h3-9,12H,2,10-11,13-14H2,1H3,(H,20,22). The summed E-state index contributed by atoms with van der Waals surface area (Å²) in [4.78, 5) is 13.9. The maximum Gasteiger partial charge on any atom is 0.224 e. The van der Waals surface area contributed by atoms with Crippen molar-refractivity contribution >= 4 is 11.6 Å². The third-order valence-electron chi connectivity index (χ3n) is 4.16. The Morgan fingerprint density at radius 1 is 1.09 bits per heavy atom. The minimum absolute atomic E-state index is 0.0684. The Morgan fingerprint density at radius 2 is 1.86 bits per heavy atom. The van der Waals surface area contributed by atoms with Crippen LogP contribution in [0, 0.1) is 0 Å². The summed E-state index contributed by atoms with van der Waals surface area (Å²) in [5, 5.41) is 2.94. The molecule has 1 amide bonds. The molecule has 0 atom stereocenters. The number of nitrogens with one attached hydrogen (secondary N) is 1. The second-order valence-electron chi connectivity index (χ2n) is 5.83. The largest absolute Gasteiger partial charge is 0.326 e. The molecule has 2 aromatic carbocycles. The van der Waals surface area contributed by atoms with Gasteiger partial charge in [0.15, 0.2) is 0 Å². The Hall–Kier alpha value is -2.13. The molecule has 2 aromatic rings. The van der Waals surface area contributed by atoms with Gasteiger partial charge in [0.2, 0.25) is 5.91 Å². The van der Waals surface area contributed by atoms with Gasteiger partial charge in [0, 0.05) is 31.7 Å². The Balaban J connectivity index is 1.59. The first-order chi connectivity index (χ1) is 10.7. The number of anilines is 1. The van der Waals surface area contributed by atoms with E-state index < -0.39 is 0 Å². The Morgan fingerprint density at radius 3 is 2.64 bits per heavy atom. The number of hydrogen-bond acceptors (Lipinski definition) is 2. The molecule has 0 spiro atoms. The highest BCUT2D eigenvalue weighted by Gasteiger charge is 2.19. The summed E-state index contributed by atoms with van der Waals surface area (Å²) in [6, 6.07) is 16.9. The zero-order valence-corrected chi connectivity index (χ0v) is 13.0. The van der Waals surface area contributed by atoms with Crippen LogP contribution in [0.1, 0.15) is 30.0 Å². The van der Waals surface area contributed by atoms with Gasteiger partial charge >= 0.3 is 0 Å². The van der Waals surface area contributed by atoms with Gasteiger partial charge in [0.1, 0.15) is 0 Å². The van der Waals surface area contributed by atoms with Crippen molar-refractivity contribution in [1.29, 1.82) is 0 Å². The van der Waals surface area contributed by atoms with Gasteiger partial charge < -0.3 is 5.32 Å². The second kappa shape index (κ2) is 6.75. The lowest BCUT2D eigenvalue weighted by Crippen LogP contribution is -2.19. The number of carbonyl (C=O) groups is 1. The number of carbonyl (C=O) groups excluding carboxylic acids is 1. The van der Waals surface area contributed by atoms with Crippen LogP contribution in [0.25, 0.3) is 0 Å². The number of hydrogen-bond donors (Lipinski definition) is 1. The molecule has 3 rings (SSSR count). The fourth-order valence-electron chi connectivity index (χ4n) is 2.88. The first kappa shape index (κ1) is 14.8. The van der Waals surface area contributed by atoms with Crippen molar-refractivity contribution in [2.24, 2.45) is 0 Å². The zero-order chi connectivity index (χ0) is 15.4. The van der Waals surface area contributed by atoms with Crippen LogP contribution in [0.3, 0.4) is 0 Å². The fraction of sp³-hybridized carbons (Fsp3) is 0.316. The molecular weight excluding hydrogens is 272 g/mol. The molecule has 3 nitrogen and oxygen atoms in total. The van der Waals surface area contributed by atoms with E-state index in [1.54, 1.807) is 0 Å². The highest BCUT2D eigenvalue weighted by atomic mass is 16.1. The van der Waals surface area contributed by atoms with E-state index in [-0.39, 0.29) is 5.91 Å². The minimum Gasteiger partial charge on any atom is -0.326 e. The SMILES string of the molecule is CCC(=O)Nc1ccc2c(c1)CN(CCc1ccccc1)C2. The lowest BCUT2D eigenvalue weighted by molar-refractivity contribution is -0.115. The molecule has 1 aliphatic rings. The molecule has 0 saturated heterocycles. The summed E-state index contributed by atoms with van der Waals surface area (Å²) in [6.07, 6.45) is 1.59. The molecule has 0 aromatic heterocycles. The van der Waals surface area contributed by atoms with Crippen LogP contribution < -0.4 is 5.32 Å². The van der Waals surface area contributed by atoms with Gasteiger partial charge in [-0.3, -0.25) is 9.69 Å². The molecule has 0 unspecified atom stereocenters. The minimum atomic E-state index is 0.0684. The van der Waals surface area contributed by atoms with E-state index in [1.807, 2.05) is 13.0 Å². The van der Waals surface area contributed by atoms with E-state index >= 15 is 0 Å². The third-order valence-corrected chi connectivity index (χ3v) is 4.16. The first-order valence-electron chi connectivity index (χ1n) is 7.92. The maximum atomic E-state index is 11.5. The second-order valence-corrected chi connectivity index (χ2v) is 5.83. The van der Waals surface area contributed by atoms with Crippen molar-refractivity contribution in [2.45, 2.75) is 32.9 Å². The normalized spacial score (nSPS) is 13.9. The number of nitrogens with zero attached hydrogens (tertiary/aromatic N) is 1. The van der Waals surface area contributed by atoms with E-state index in [0.717, 1.165) is 31.7 Å². The summed E-state index contributed by atoms with van der Waals surface area (Å²) in [6.45, 7) is 4.91. The first-order valence-corrected chi connectivity index (χ1v) is 7.92. The molecule has 0 radical (unpaired) electrons. The molecule has 0 fully saturated rings. The highest BCUT2D eigenvalue weighted by molar-refractivity contribution is 5.90. The molecule has 1 heterocycles. The van der Waals surface area contributed by atoms with Gasteiger partial charge in [-0.05, 0) is 35.2 Å². The van der Waals surface area contributed by atoms with Gasteiger partial charge in [0.05, 0.1) is 0 Å². The van der Waals surface area contributed by atoms with Crippen molar-refractivity contribution in [1.82, 2.24) is 4.90 Å². The van der Waals surface area contributed by atoms with Gasteiger partial charge in [-0.15, -0.1) is 0 Å². The lowest BCUT2D eigenvalue weighted by atomic mass is 10.1. The summed E-state index contributed by atoms with van der Waals surface area (Å²) in [7, 11) is 0. The molecule has 0 aliphatic carbocycles. The van der Waals surface area contributed by atoms with Crippen molar-refractivity contribution < 1.29 is 4.79 Å². The summed E-state index contributed by atoms with van der Waals surface area (Å²) in [5.74, 6) is 0.0684. The molecule has 3 heteroatoms. The van der Waals surface area contributed by atoms with Crippen molar-refractivity contribution in [3.8, 4) is 0 Å². The van der Waals surface area contributed by atoms with Crippen LogP contribution in [-0.4, -0.2) is 17.4 Å². The van der Waals surface area contributed by atoms with E-state index in [9.17, 15) is 4.79 Å². The topological polar surface area (TPSA) is 32.3 Å². The van der Waals surface area contributed by atoms with Gasteiger partial charge in [-0.1, -0.05) is 43.3 Å². The number of rotatable bonds is 5. The predicted octanol–water partition coefficient (Wildman–Crippen LogP) is 3.59. The quantitative estimate of drug-likeness (QED) is 0.914. The predicted molar refractivity (Wildman–Crippen MR) is 89.6 cm³/mol. The van der Waals surface area contributed by atoms with Crippen LogP contribution in [-0.2, 0) is 24.3 Å². The lowest BCUT2D eigenvalue weighted by Gasteiger charge is -2.14. The number of benzene rings is 2. The Kier molecular flexibility index (Phi) is 4.54. The van der Waals surface area contributed by atoms with E-state index in [4.69, 9.17) is 0 Å². The van der Waals surface area contributed by atoms with Crippen molar-refractivity contribution in [3.05, 3.63) is 65.2 Å². The highest BCUT2D eigenvalue weighted by Crippen LogP contribution is 2.26. The Bertz CT molecular complexity index is 652. The Labute approximate surface area is 132 Å². The summed E-state index contributed by atoms with van der Waals surface area (Å²) >= 11 is 0. The molecule has 0 saturated carbocycles. The number of amides is 1. The van der Waals surface area contributed by atoms with Crippen molar-refractivity contribution in [3.63, 3.8) is 0 Å². The molecule has 1 N–H and O–H groups in total. The zero-order valence-electron chi connectivity index (χ0n) is 13.0. The van der Waals surface area contributed by atoms with E-state index in [2.05, 4.69) is 52.7 Å². The molecule has 22 heavy (non-hydrogen) atoms. The van der Waals surface area contributed by atoms with Crippen LogP contribution in [0.15, 0.2) is 48.5 Å². The molecular formula is C19H22N2O. The van der Waals surface area contributed by atoms with Gasteiger partial charge in [0.25, 0.3) is 0 Å². The van der Waals surface area contributed by atoms with Crippen LogP contribution in [0.2, 0.25) is 0 Å². The van der Waals surface area contributed by atoms with E-state index in [1.165, 1.54) is 16.7 Å². The maximum absolute atomic E-state index is 11.5. The van der Waals surface area contributed by atoms with E-state index in [0.29, 0.717) is 6.42 Å². The van der Waals surface area contributed by atoms with Crippen LogP contribution >= 0.6 is 0 Å². The van der Waals surface area contributed by atoms with Gasteiger partial charge in [-0.2, -0.15) is 0 Å². The average molecular weight is 294 g/mol. The molecule has 0 bridgehead atoms. The molecule has 114 valence electrons. The van der Waals surface area contributed by atoms with Crippen LogP contribution in [0.4, 0.5) is 5.69 Å². The fourth-order valence-corrected chi connectivity index (χ4v) is 2.88. The third kappa shape index (κ3) is 3.55. The summed E-state index contributed by atoms with van der Waals surface area (Å²) in [5.41, 5.74) is 5.01. The van der Waals surface area contributed by atoms with Gasteiger partial charge in [-0.25, -0.2) is 0 Å². The molecule has 1 aliphatic heterocycles. The smallest absolute Gasteiger partial charge is 0.224 e. The number of fused-ring (bicyclic) bond motifs is 1. The van der Waals surface area contributed by atoms with Crippen LogP contribution in [0.5, 0.6) is 0 Å². The summed E-state index contributed by atoms with van der Waals surface area (Å²) < 4.78 is 0.